The van der Waals surface area contributed by atoms with E-state index >= 15 is 0 Å². The van der Waals surface area contributed by atoms with Gasteiger partial charge in [0.1, 0.15) is 13.2 Å². The van der Waals surface area contributed by atoms with Crippen molar-refractivity contribution in [3.05, 3.63) is 89.0 Å². The minimum Gasteiger partial charge on any atom is -0.486 e. The Morgan fingerprint density at radius 3 is 2.57 bits per heavy atom. The molecule has 0 N–H and O–H groups in total. The lowest BCUT2D eigenvalue weighted by Gasteiger charge is -2.28. The Balaban J connectivity index is 1.37. The second-order valence-corrected chi connectivity index (χ2v) is 10.6. The van der Waals surface area contributed by atoms with Crippen molar-refractivity contribution in [1.29, 1.82) is 0 Å². The van der Waals surface area contributed by atoms with Gasteiger partial charge in [-0.1, -0.05) is 42.5 Å². The zero-order valence-corrected chi connectivity index (χ0v) is 20.5. The lowest BCUT2D eigenvalue weighted by Crippen LogP contribution is -2.36. The van der Waals surface area contributed by atoms with Gasteiger partial charge in [0.15, 0.2) is 11.5 Å². The molecule has 2 aliphatic heterocycles. The van der Waals surface area contributed by atoms with Crippen molar-refractivity contribution >= 4 is 15.9 Å². The minimum atomic E-state index is -3.74. The summed E-state index contributed by atoms with van der Waals surface area (Å²) in [6.45, 7) is 4.40. The Morgan fingerprint density at radius 1 is 0.971 bits per heavy atom. The summed E-state index contributed by atoms with van der Waals surface area (Å²) in [5, 5.41) is 0. The third-order valence-electron chi connectivity index (χ3n) is 6.49. The first-order chi connectivity index (χ1) is 17.0. The van der Waals surface area contributed by atoms with Crippen molar-refractivity contribution < 1.29 is 22.7 Å². The molecule has 182 valence electrons. The maximum atomic E-state index is 13.4. The predicted octanol–water partition coefficient (Wildman–Crippen LogP) is 3.87. The molecule has 1 amide bonds. The zero-order chi connectivity index (χ0) is 24.4. The maximum absolute atomic E-state index is 13.4. The average Bonchev–Trinajstić information content (AvgIpc) is 2.91. The second-order valence-electron chi connectivity index (χ2n) is 8.65. The van der Waals surface area contributed by atoms with Crippen LogP contribution in [-0.4, -0.2) is 49.8 Å². The van der Waals surface area contributed by atoms with Gasteiger partial charge in [-0.15, -0.1) is 0 Å². The quantitative estimate of drug-likeness (QED) is 0.522. The van der Waals surface area contributed by atoms with Crippen LogP contribution >= 0.6 is 0 Å². The average molecular weight is 493 g/mol. The molecule has 3 aromatic rings. The van der Waals surface area contributed by atoms with Crippen LogP contribution in [0.15, 0.2) is 71.6 Å². The summed E-state index contributed by atoms with van der Waals surface area (Å²) >= 11 is 0. The first-order valence-electron chi connectivity index (χ1n) is 11.8. The van der Waals surface area contributed by atoms with Crippen LogP contribution in [0, 0.1) is 0 Å². The molecule has 3 aromatic carbocycles. The number of ether oxygens (including phenoxy) is 2. The molecule has 2 heterocycles. The number of hydrogen-bond donors (Lipinski definition) is 0. The molecular weight excluding hydrogens is 464 g/mol. The van der Waals surface area contributed by atoms with Crippen molar-refractivity contribution in [1.82, 2.24) is 9.21 Å². The Morgan fingerprint density at radius 2 is 1.74 bits per heavy atom. The molecule has 35 heavy (non-hydrogen) atoms. The van der Waals surface area contributed by atoms with Crippen molar-refractivity contribution in [2.24, 2.45) is 0 Å². The van der Waals surface area contributed by atoms with Crippen molar-refractivity contribution in [2.75, 3.05) is 26.3 Å². The van der Waals surface area contributed by atoms with E-state index in [1.807, 2.05) is 49.4 Å². The van der Waals surface area contributed by atoms with Crippen molar-refractivity contribution in [3.8, 4) is 11.5 Å². The van der Waals surface area contributed by atoms with Crippen LogP contribution in [0.25, 0.3) is 0 Å². The summed E-state index contributed by atoms with van der Waals surface area (Å²) in [7, 11) is -3.74. The van der Waals surface area contributed by atoms with Gasteiger partial charge in [0, 0.05) is 37.3 Å². The number of hydrogen-bond acceptors (Lipinski definition) is 5. The molecule has 0 spiro atoms. The number of sulfonamides is 1. The van der Waals surface area contributed by atoms with Gasteiger partial charge in [-0.2, -0.15) is 4.31 Å². The summed E-state index contributed by atoms with van der Waals surface area (Å²) in [5.41, 5.74) is 3.39. The largest absolute Gasteiger partial charge is 0.486 e. The highest BCUT2D eigenvalue weighted by Crippen LogP contribution is 2.34. The summed E-state index contributed by atoms with van der Waals surface area (Å²) in [5.74, 6) is 1.10. The molecule has 0 atom stereocenters. The van der Waals surface area contributed by atoms with Gasteiger partial charge >= 0.3 is 0 Å². The predicted molar refractivity (Wildman–Crippen MR) is 132 cm³/mol. The van der Waals surface area contributed by atoms with E-state index in [2.05, 4.69) is 0 Å². The van der Waals surface area contributed by atoms with Crippen LogP contribution < -0.4 is 9.47 Å². The Bertz CT molecular complexity index is 1360. The number of rotatable bonds is 6. The van der Waals surface area contributed by atoms with Crippen molar-refractivity contribution in [3.63, 3.8) is 0 Å². The van der Waals surface area contributed by atoms with Gasteiger partial charge in [-0.3, -0.25) is 4.79 Å². The van der Waals surface area contributed by atoms with E-state index in [0.717, 1.165) is 11.1 Å². The van der Waals surface area contributed by atoms with Crippen molar-refractivity contribution in [2.45, 2.75) is 31.3 Å². The summed E-state index contributed by atoms with van der Waals surface area (Å²) in [4.78, 5) is 15.2. The fraction of sp³-hybridized carbons (Fsp3) is 0.296. The van der Waals surface area contributed by atoms with E-state index in [-0.39, 0.29) is 10.8 Å². The zero-order valence-electron chi connectivity index (χ0n) is 19.6. The molecule has 8 heteroatoms. The molecule has 0 bridgehead atoms. The van der Waals surface area contributed by atoms with Crippen LogP contribution in [0.4, 0.5) is 0 Å². The Hall–Kier alpha value is -3.36. The number of benzene rings is 3. The number of carbonyl (C=O) groups excluding carboxylic acids is 1. The van der Waals surface area contributed by atoms with E-state index < -0.39 is 10.0 Å². The summed E-state index contributed by atoms with van der Waals surface area (Å²) < 4.78 is 39.8. The van der Waals surface area contributed by atoms with Gasteiger partial charge in [-0.25, -0.2) is 8.42 Å². The minimum absolute atomic E-state index is 0.132. The Labute approximate surface area is 205 Å². The summed E-state index contributed by atoms with van der Waals surface area (Å²) in [6, 6.07) is 19.9. The van der Waals surface area contributed by atoms with E-state index in [1.54, 1.807) is 23.1 Å². The van der Waals surface area contributed by atoms with Crippen LogP contribution in [0.3, 0.4) is 0 Å². The molecule has 0 saturated heterocycles. The lowest BCUT2D eigenvalue weighted by molar-refractivity contribution is 0.0749. The standard InChI is InChI=1S/C27H28N2O5S/c1-2-28(18-23-10-6-12-25-26(23)34-16-15-33-25)27(30)21-9-5-11-24(17-21)35(31,32)29-14-13-20-7-3-4-8-22(20)19-29/h3-12,17H,2,13-16,18-19H2,1H3. The molecule has 0 saturated carbocycles. The van der Waals surface area contributed by atoms with Gasteiger partial charge in [0.05, 0.1) is 4.90 Å². The first-order valence-corrected chi connectivity index (χ1v) is 13.2. The molecule has 2 aliphatic rings. The smallest absolute Gasteiger partial charge is 0.254 e. The number of fused-ring (bicyclic) bond motifs is 2. The number of nitrogens with zero attached hydrogens (tertiary/aromatic N) is 2. The normalized spacial score (nSPS) is 15.3. The lowest BCUT2D eigenvalue weighted by atomic mass is 10.0. The molecule has 5 rings (SSSR count). The van der Waals surface area contributed by atoms with E-state index in [4.69, 9.17) is 9.47 Å². The second kappa shape index (κ2) is 9.71. The highest BCUT2D eigenvalue weighted by atomic mass is 32.2. The Kier molecular flexibility index (Phi) is 6.49. The number of para-hydroxylation sites is 1. The fourth-order valence-corrected chi connectivity index (χ4v) is 6.05. The topological polar surface area (TPSA) is 76.1 Å². The first kappa shape index (κ1) is 23.4. The number of carbonyl (C=O) groups is 1. The molecule has 0 aromatic heterocycles. The van der Waals surface area contributed by atoms with Crippen LogP contribution in [-0.2, 0) is 29.5 Å². The molecular formula is C27H28N2O5S. The van der Waals surface area contributed by atoms with Crippen LogP contribution in [0.2, 0.25) is 0 Å². The summed E-state index contributed by atoms with van der Waals surface area (Å²) in [6.07, 6.45) is 0.671. The molecule has 0 unspecified atom stereocenters. The molecule has 0 aliphatic carbocycles. The van der Waals surface area contributed by atoms with Crippen LogP contribution in [0.5, 0.6) is 11.5 Å². The SMILES string of the molecule is CCN(Cc1cccc2c1OCCO2)C(=O)c1cccc(S(=O)(=O)N2CCc3ccccc3C2)c1. The van der Waals surface area contributed by atoms with E-state index in [1.165, 1.54) is 15.9 Å². The molecule has 0 radical (unpaired) electrons. The third kappa shape index (κ3) is 4.63. The van der Waals surface area contributed by atoms with Crippen LogP contribution in [0.1, 0.15) is 34.0 Å². The van der Waals surface area contributed by atoms with Gasteiger partial charge < -0.3 is 14.4 Å². The fourth-order valence-electron chi connectivity index (χ4n) is 4.59. The van der Waals surface area contributed by atoms with Gasteiger partial charge in [0.2, 0.25) is 10.0 Å². The third-order valence-corrected chi connectivity index (χ3v) is 8.33. The number of amides is 1. The highest BCUT2D eigenvalue weighted by molar-refractivity contribution is 7.89. The molecule has 0 fully saturated rings. The monoisotopic (exact) mass is 492 g/mol. The highest BCUT2D eigenvalue weighted by Gasteiger charge is 2.29. The maximum Gasteiger partial charge on any atom is 0.254 e. The van der Waals surface area contributed by atoms with Gasteiger partial charge in [0.25, 0.3) is 5.91 Å². The van der Waals surface area contributed by atoms with E-state index in [9.17, 15) is 13.2 Å². The van der Waals surface area contributed by atoms with E-state index in [0.29, 0.717) is 62.9 Å². The molecule has 7 nitrogen and oxygen atoms in total. The van der Waals surface area contributed by atoms with Gasteiger partial charge in [-0.05, 0) is 48.7 Å².